The van der Waals surface area contributed by atoms with Gasteiger partial charge in [0.1, 0.15) is 102 Å². The molecular weight excluding hydrogens is 1910 g/mol. The largest absolute Gasteiger partial charge is 0.497 e. The Morgan fingerprint density at radius 1 is 0.381 bits per heavy atom. The zero-order chi connectivity index (χ0) is 103. The van der Waals surface area contributed by atoms with Crippen molar-refractivity contribution in [3.8, 4) is 45.3 Å². The maximum absolute atomic E-state index is 15.2. The van der Waals surface area contributed by atoms with Crippen LogP contribution in [-0.2, 0) is 86.2 Å². The highest BCUT2D eigenvalue weighted by Crippen LogP contribution is 2.48. The topological polar surface area (TPSA) is 425 Å². The second-order valence-corrected chi connectivity index (χ2v) is 37.7. The fourth-order valence-electron chi connectivity index (χ4n) is 20.9. The van der Waals surface area contributed by atoms with Gasteiger partial charge in [-0.05, 0) is 145 Å². The van der Waals surface area contributed by atoms with Crippen molar-refractivity contribution in [1.82, 2.24) is 56.0 Å². The summed E-state index contributed by atoms with van der Waals surface area (Å²) in [6.07, 6.45) is 7.79. The second-order valence-electron chi connectivity index (χ2n) is 37.7. The maximum Gasteiger partial charge on any atom is 0.257 e. The third-order valence-corrected chi connectivity index (χ3v) is 28.5. The number of carbonyl (C=O) groups is 12. The van der Waals surface area contributed by atoms with Crippen LogP contribution in [-0.4, -0.2) is 200 Å². The normalized spacial score (nSPS) is 19.9. The highest BCUT2D eigenvalue weighted by atomic mass is 19.1. The number of halogens is 5. The van der Waals surface area contributed by atoms with Gasteiger partial charge in [-0.2, -0.15) is 5.10 Å². The highest BCUT2D eigenvalue weighted by molar-refractivity contribution is 6.16. The number of aryl methyl sites for hydroxylation is 2. The third kappa shape index (κ3) is 16.5. The lowest BCUT2D eigenvalue weighted by molar-refractivity contribution is -0.128. The summed E-state index contributed by atoms with van der Waals surface area (Å²) in [4.78, 5) is 175. The molecule has 4 saturated heterocycles. The van der Waals surface area contributed by atoms with Crippen LogP contribution in [0.5, 0.6) is 23.0 Å². The van der Waals surface area contributed by atoms with Crippen LogP contribution >= 0.6 is 0 Å². The molecule has 6 aromatic heterocycles. The zero-order valence-corrected chi connectivity index (χ0v) is 79.8. The van der Waals surface area contributed by atoms with Crippen LogP contribution in [0.4, 0.5) is 27.8 Å². The first-order valence-electron chi connectivity index (χ1n) is 46.5. The number of ether oxygens (including phenoxy) is 4. The number of aromatic amines is 1. The summed E-state index contributed by atoms with van der Waals surface area (Å²) < 4.78 is 119. The number of aliphatic imine (C=N–C) groups is 2. The number of rotatable bonds is 21. The van der Waals surface area contributed by atoms with Crippen LogP contribution in [0.3, 0.4) is 0 Å². The molecule has 147 heavy (non-hydrogen) atoms. The van der Waals surface area contributed by atoms with Crippen molar-refractivity contribution in [2.75, 3.05) is 86.7 Å². The Morgan fingerprint density at radius 3 is 1.10 bits per heavy atom. The van der Waals surface area contributed by atoms with E-state index in [9.17, 15) is 75.1 Å². The minimum absolute atomic E-state index is 0.0169. The van der Waals surface area contributed by atoms with Gasteiger partial charge in [-0.15, -0.1) is 0 Å². The van der Waals surface area contributed by atoms with Gasteiger partial charge in [0.25, 0.3) is 23.6 Å². The summed E-state index contributed by atoms with van der Waals surface area (Å²) in [6, 6.07) is 41.5. The van der Waals surface area contributed by atoms with Crippen LogP contribution < -0.4 is 45.1 Å². The molecule has 0 spiro atoms. The van der Waals surface area contributed by atoms with Crippen LogP contribution in [0.1, 0.15) is 135 Å². The number of anilines is 1. The van der Waals surface area contributed by atoms with Crippen molar-refractivity contribution in [3.05, 3.63) is 289 Å². The van der Waals surface area contributed by atoms with Gasteiger partial charge in [0, 0.05) is 181 Å². The van der Waals surface area contributed by atoms with E-state index in [0.29, 0.717) is 126 Å². The number of amides is 12. The second kappa shape index (κ2) is 36.6. The molecule has 39 heteroatoms. The first-order valence-corrected chi connectivity index (χ1v) is 46.5. The average Bonchev–Trinajstić information content (AvgIpc) is 1.59. The first-order chi connectivity index (χ1) is 70.6. The average molecular weight is 2000 g/mol. The van der Waals surface area contributed by atoms with Gasteiger partial charge < -0.3 is 61.1 Å². The number of methoxy groups -OCH3 is 4. The predicted molar refractivity (Wildman–Crippen MR) is 521 cm³/mol. The van der Waals surface area contributed by atoms with Crippen molar-refractivity contribution in [3.63, 3.8) is 0 Å². The number of allylic oxidation sites excluding steroid dienone is 2. The van der Waals surface area contributed by atoms with Gasteiger partial charge >= 0.3 is 0 Å². The number of hydrogen-bond donors (Lipinski definition) is 5. The molecule has 34 nitrogen and oxygen atoms in total. The Labute approximate surface area is 830 Å². The molecule has 12 amide bonds. The number of hydrogen-bond acceptors (Lipinski definition) is 25. The molecule has 24 rings (SSSR count). The van der Waals surface area contributed by atoms with Crippen molar-refractivity contribution in [2.24, 2.45) is 9.98 Å². The van der Waals surface area contributed by atoms with E-state index in [1.54, 1.807) is 123 Å². The molecule has 14 aromatic rings. The molecule has 10 aliphatic rings. The Kier molecular flexibility index (Phi) is 23.7. The summed E-state index contributed by atoms with van der Waals surface area (Å²) in [7, 11) is 9.55. The molecule has 4 fully saturated rings. The minimum Gasteiger partial charge on any atom is -0.497 e. The lowest BCUT2D eigenvalue weighted by Gasteiger charge is -2.28. The summed E-state index contributed by atoms with van der Waals surface area (Å²) in [6.45, 7) is 4.69. The Bertz CT molecular complexity index is 8230. The molecule has 0 radical (unpaired) electrons. The summed E-state index contributed by atoms with van der Waals surface area (Å²) in [5, 5.41) is 18.7. The smallest absolute Gasteiger partial charge is 0.257 e. The number of H-pyrrole nitrogens is 1. The molecular formula is C108H87F5N14O20. The number of fused-ring (bicyclic) bond motifs is 8. The van der Waals surface area contributed by atoms with Gasteiger partial charge in [0.2, 0.25) is 47.3 Å². The van der Waals surface area contributed by atoms with Gasteiger partial charge in [-0.25, -0.2) is 26.9 Å². The highest BCUT2D eigenvalue weighted by Gasteiger charge is 2.58. The van der Waals surface area contributed by atoms with Gasteiger partial charge in [-0.1, -0.05) is 42.5 Å². The number of nitrogens with one attached hydrogen (secondary N) is 5. The third-order valence-electron chi connectivity index (χ3n) is 28.5. The Hall–Kier alpha value is -17.8. The summed E-state index contributed by atoms with van der Waals surface area (Å²) in [5.74, 6) is -6.37. The molecule has 8 aromatic carbocycles. The fourth-order valence-corrected chi connectivity index (χ4v) is 20.9. The maximum atomic E-state index is 15.2. The number of nitrogens with zero attached hydrogens (tertiary/aromatic N) is 9. The van der Waals surface area contributed by atoms with Crippen LogP contribution in [0.25, 0.3) is 77.3 Å². The lowest BCUT2D eigenvalue weighted by atomic mass is 9.82. The molecule has 0 aliphatic carbocycles. The summed E-state index contributed by atoms with van der Waals surface area (Å²) >= 11 is 0. The van der Waals surface area contributed by atoms with Gasteiger partial charge in [0.05, 0.1) is 84.0 Å². The van der Waals surface area contributed by atoms with Gasteiger partial charge in [-0.3, -0.25) is 93.9 Å². The van der Waals surface area contributed by atoms with E-state index in [0.717, 1.165) is 33.5 Å². The fraction of sp³-hybridized carbons (Fsp3) is 0.241. The van der Waals surface area contributed by atoms with E-state index >= 15 is 4.39 Å². The number of carbonyl (C=O) groups excluding carboxylic acids is 12. The number of aromatic nitrogens is 3. The number of furan rings is 4. The van der Waals surface area contributed by atoms with Crippen LogP contribution in [0.15, 0.2) is 198 Å². The van der Waals surface area contributed by atoms with E-state index in [-0.39, 0.29) is 140 Å². The van der Waals surface area contributed by atoms with E-state index in [1.165, 1.54) is 66.4 Å². The SMILES string of the molecule is COc1ccc2c(c1)C(=O)N(C[C@@]1(c3cc4cc(-c5ccc(N(C)C)nc5)ccc4o3)CC(=O)NC1=O)C2.COc1ccc2c(c1)C(=O)N(C[C@@]1(c3cc4cc(C5=CCN=C5)c(F)cc4o3)CC(=O)NC1=O)C2.COc1ccc2c(c1F)C(=O)N(C[C@@]1(c3cc4cc(-c5c(C)n[nH]c5C)c(F)cc4o3)CC(=O)NC1=O)C2.COc1ccc2c(c1F)C(=O)N(C[C@@]1(c3cc4cc(C5=CCN=C5)c(F)cc4o3)CC(=O)NC1=O)C2. The zero-order valence-electron chi connectivity index (χ0n) is 79.8. The van der Waals surface area contributed by atoms with Crippen LogP contribution in [0, 0.1) is 42.9 Å². The van der Waals surface area contributed by atoms with Crippen LogP contribution in [0.2, 0.25) is 0 Å². The van der Waals surface area contributed by atoms with E-state index < -0.39 is 110 Å². The monoisotopic (exact) mass is 1990 g/mol. The molecule has 16 heterocycles. The molecule has 0 unspecified atom stereocenters. The van der Waals surface area contributed by atoms with Crippen molar-refractivity contribution in [2.45, 2.75) is 87.4 Å². The first kappa shape index (κ1) is 95.4. The minimum atomic E-state index is -1.58. The molecule has 744 valence electrons. The number of pyridine rings is 1. The quantitative estimate of drug-likeness (QED) is 0.0329. The Balaban J connectivity index is 0.000000115. The predicted octanol–water partition coefficient (Wildman–Crippen LogP) is 13.3. The number of benzene rings is 8. The van der Waals surface area contributed by atoms with Gasteiger partial charge in [0.15, 0.2) is 23.1 Å². The molecule has 5 N–H and O–H groups in total. The van der Waals surface area contributed by atoms with Crippen molar-refractivity contribution < 1.29 is 116 Å². The lowest BCUT2D eigenvalue weighted by Crippen LogP contribution is -2.46. The molecule has 10 aliphatic heterocycles. The van der Waals surface area contributed by atoms with E-state index in [4.69, 9.17) is 36.6 Å². The Morgan fingerprint density at radius 2 is 0.748 bits per heavy atom. The molecule has 4 atom stereocenters. The summed E-state index contributed by atoms with van der Waals surface area (Å²) in [5.41, 5.74) is 4.80. The van der Waals surface area contributed by atoms with E-state index in [2.05, 4.69) is 46.4 Å². The standard InChI is InChI=1S/C29H26N4O5.C27H22F2N4O5.C26H19F2N3O5.C26H20FN3O5/c1-32(2)25-9-6-18(14-30-25)17-5-8-23-20(10-17)11-24(38-23)29(13-26(34)31-28(29)36)16-33-15-19-4-7-21(37-3)12-22(19)27(33)35;1-12-22(13(2)32-31-12)16-6-15-7-20(38-19(15)8-17(16)28)27(9-21(34)30-26(27)36)11-33-10-14-4-5-18(37-3)24(29)23(14)25(33)35;1-35-18-3-2-14-11-31(24(33)22(14)23(18)28)12-26(9-21(32)30-25(26)34)20-7-15-6-16(13-4-5-29-10-13)17(27)8-19(15)36-20;1-34-17-3-2-15-12-30(24(32)19(15)8-17)13-26(10-23(31)29-25(26)33)22-7-16-6-18(14-4-5-28-11-14)20(27)9-21(16)35-22/h4-12,14H,13,15-16H2,1-3H3,(H,31,34,36);4-8H,9-11H2,1-3H3,(H,31,32)(H,30,34,36);2-4,6-8,10H,5,9,11-12H2,1H3,(H,30,32,34);2-4,6-9,11H,5,10,12-13H2,1H3,(H,29,31,33)/t29-;27-;2*26-/m1111/s1. The van der Waals surface area contributed by atoms with Crippen molar-refractivity contribution >= 4 is 144 Å². The number of imide groups is 4. The molecule has 0 saturated carbocycles. The molecule has 0 bridgehead atoms. The van der Waals surface area contributed by atoms with E-state index in [1.807, 2.05) is 73.7 Å². The van der Waals surface area contributed by atoms with Crippen molar-refractivity contribution in [1.29, 1.82) is 0 Å².